The van der Waals surface area contributed by atoms with Gasteiger partial charge >= 0.3 is 5.97 Å². The molecule has 1 heterocycles. The van der Waals surface area contributed by atoms with Crippen LogP contribution in [-0.2, 0) is 14.3 Å². The topological polar surface area (TPSA) is 84.9 Å². The summed E-state index contributed by atoms with van der Waals surface area (Å²) in [5.41, 5.74) is 1.15. The first kappa shape index (κ1) is 14.3. The van der Waals surface area contributed by atoms with Crippen molar-refractivity contribution in [2.75, 3.05) is 12.4 Å². The minimum atomic E-state index is -0.796. The molecule has 0 saturated carbocycles. The molecule has 1 aliphatic rings. The summed E-state index contributed by atoms with van der Waals surface area (Å²) >= 11 is 0. The Bertz CT molecular complexity index is 528. The highest BCUT2D eigenvalue weighted by Crippen LogP contribution is 2.33. The molecule has 108 valence electrons. The molecular formula is C14H17NO5. The smallest absolute Gasteiger partial charge is 0.305 e. The van der Waals surface area contributed by atoms with Crippen LogP contribution in [0.4, 0.5) is 5.69 Å². The molecule has 1 amide bonds. The Morgan fingerprint density at radius 2 is 2.30 bits per heavy atom. The number of hydrogen-bond donors (Lipinski definition) is 2. The lowest BCUT2D eigenvalue weighted by Crippen LogP contribution is -2.34. The second-order valence-corrected chi connectivity index (χ2v) is 4.64. The van der Waals surface area contributed by atoms with E-state index in [1.165, 1.54) is 7.11 Å². The van der Waals surface area contributed by atoms with Gasteiger partial charge in [-0.25, -0.2) is 0 Å². The van der Waals surface area contributed by atoms with Crippen LogP contribution < -0.4 is 10.1 Å². The van der Waals surface area contributed by atoms with Crippen LogP contribution >= 0.6 is 0 Å². The molecule has 1 aliphatic heterocycles. The second kappa shape index (κ2) is 5.92. The molecule has 1 aromatic rings. The van der Waals surface area contributed by atoms with Crippen LogP contribution in [0.25, 0.3) is 0 Å². The highest BCUT2D eigenvalue weighted by Gasteiger charge is 2.24. The number of nitrogens with one attached hydrogen (secondary N) is 1. The van der Waals surface area contributed by atoms with E-state index in [0.717, 1.165) is 0 Å². The number of carbonyl (C=O) groups is 2. The molecule has 1 aromatic carbocycles. The molecule has 20 heavy (non-hydrogen) atoms. The van der Waals surface area contributed by atoms with Crippen molar-refractivity contribution in [3.8, 4) is 5.75 Å². The third kappa shape index (κ3) is 3.08. The van der Waals surface area contributed by atoms with Gasteiger partial charge in [0.1, 0.15) is 5.75 Å². The van der Waals surface area contributed by atoms with Crippen molar-refractivity contribution in [2.45, 2.75) is 32.0 Å². The predicted octanol–water partition coefficient (Wildman–Crippen LogP) is 1.39. The Morgan fingerprint density at radius 3 is 3.00 bits per heavy atom. The van der Waals surface area contributed by atoms with Crippen LogP contribution in [0.3, 0.4) is 0 Å². The zero-order valence-corrected chi connectivity index (χ0v) is 11.4. The number of hydrogen-bond acceptors (Lipinski definition) is 5. The van der Waals surface area contributed by atoms with Gasteiger partial charge in [-0.05, 0) is 31.0 Å². The number of anilines is 1. The molecule has 0 radical (unpaired) electrons. The number of methoxy groups -OCH3 is 1. The van der Waals surface area contributed by atoms with E-state index in [0.29, 0.717) is 17.0 Å². The number of aliphatic hydroxyl groups is 1. The van der Waals surface area contributed by atoms with E-state index in [1.54, 1.807) is 25.1 Å². The van der Waals surface area contributed by atoms with Gasteiger partial charge in [-0.1, -0.05) is 6.07 Å². The molecule has 0 fully saturated rings. The highest BCUT2D eigenvalue weighted by atomic mass is 16.5. The zero-order valence-electron chi connectivity index (χ0n) is 11.4. The van der Waals surface area contributed by atoms with E-state index in [-0.39, 0.29) is 24.7 Å². The molecule has 0 bridgehead atoms. The number of ether oxygens (including phenoxy) is 2. The first-order valence-corrected chi connectivity index (χ1v) is 6.37. The number of fused-ring (bicyclic) bond motifs is 1. The molecule has 2 rings (SSSR count). The molecule has 6 heteroatoms. The molecule has 2 atom stereocenters. The Morgan fingerprint density at radius 1 is 1.55 bits per heavy atom. The predicted molar refractivity (Wildman–Crippen MR) is 71.4 cm³/mol. The number of esters is 1. The van der Waals surface area contributed by atoms with E-state index in [1.807, 2.05) is 0 Å². The summed E-state index contributed by atoms with van der Waals surface area (Å²) in [7, 11) is 1.31. The van der Waals surface area contributed by atoms with Crippen molar-refractivity contribution in [1.29, 1.82) is 0 Å². The summed E-state index contributed by atoms with van der Waals surface area (Å²) in [4.78, 5) is 22.6. The Balaban J connectivity index is 2.09. The standard InChI is InChI=1S/C14H17NO5/c1-8-14(18)15-10-7-9(3-5-12(10)20-8)11(16)4-6-13(17)19-2/h3,5,7-8,11,16H,4,6H2,1-2H3,(H,15,18). The van der Waals surface area contributed by atoms with Crippen LogP contribution in [0.2, 0.25) is 0 Å². The monoisotopic (exact) mass is 279 g/mol. The van der Waals surface area contributed by atoms with Gasteiger partial charge in [-0.15, -0.1) is 0 Å². The molecule has 6 nitrogen and oxygen atoms in total. The van der Waals surface area contributed by atoms with E-state index in [2.05, 4.69) is 10.1 Å². The molecule has 0 spiro atoms. The number of carbonyl (C=O) groups excluding carboxylic acids is 2. The largest absolute Gasteiger partial charge is 0.479 e. The van der Waals surface area contributed by atoms with Crippen LogP contribution in [0, 0.1) is 0 Å². The highest BCUT2D eigenvalue weighted by molar-refractivity contribution is 5.97. The number of amides is 1. The number of benzene rings is 1. The normalized spacial score (nSPS) is 18.6. The fraction of sp³-hybridized carbons (Fsp3) is 0.429. The van der Waals surface area contributed by atoms with Gasteiger partial charge in [0.15, 0.2) is 6.10 Å². The second-order valence-electron chi connectivity index (χ2n) is 4.64. The summed E-state index contributed by atoms with van der Waals surface area (Å²) < 4.78 is 9.95. The lowest BCUT2D eigenvalue weighted by atomic mass is 10.0. The number of rotatable bonds is 4. The maximum atomic E-state index is 11.5. The van der Waals surface area contributed by atoms with Crippen LogP contribution in [-0.4, -0.2) is 30.2 Å². The van der Waals surface area contributed by atoms with Gasteiger partial charge in [0.2, 0.25) is 0 Å². The average Bonchev–Trinajstić information content (AvgIpc) is 2.45. The summed E-state index contributed by atoms with van der Waals surface area (Å²) in [6, 6.07) is 5.06. The van der Waals surface area contributed by atoms with E-state index in [9.17, 15) is 14.7 Å². The van der Waals surface area contributed by atoms with Gasteiger partial charge < -0.3 is 19.9 Å². The van der Waals surface area contributed by atoms with Crippen molar-refractivity contribution in [1.82, 2.24) is 0 Å². The zero-order chi connectivity index (χ0) is 14.7. The summed E-state index contributed by atoms with van der Waals surface area (Å²) in [5.74, 6) is -0.0211. The fourth-order valence-corrected chi connectivity index (χ4v) is 1.96. The first-order chi connectivity index (χ1) is 9.51. The summed E-state index contributed by atoms with van der Waals surface area (Å²) in [6.45, 7) is 1.66. The quantitative estimate of drug-likeness (QED) is 0.814. The first-order valence-electron chi connectivity index (χ1n) is 6.37. The Labute approximate surface area is 116 Å². The van der Waals surface area contributed by atoms with E-state index < -0.39 is 12.2 Å². The molecule has 0 aliphatic carbocycles. The van der Waals surface area contributed by atoms with Crippen LogP contribution in [0.15, 0.2) is 18.2 Å². The third-order valence-corrected chi connectivity index (χ3v) is 3.17. The summed E-state index contributed by atoms with van der Waals surface area (Å²) in [5, 5.41) is 12.7. The molecule has 0 saturated heterocycles. The van der Waals surface area contributed by atoms with Gasteiger partial charge in [0, 0.05) is 6.42 Å². The molecule has 2 unspecified atom stereocenters. The molecular weight excluding hydrogens is 262 g/mol. The van der Waals surface area contributed by atoms with Crippen molar-refractivity contribution >= 4 is 17.6 Å². The molecule has 2 N–H and O–H groups in total. The van der Waals surface area contributed by atoms with Crippen molar-refractivity contribution < 1.29 is 24.2 Å². The van der Waals surface area contributed by atoms with Gasteiger partial charge in [0.25, 0.3) is 5.91 Å². The Kier molecular flexibility index (Phi) is 4.24. The SMILES string of the molecule is COC(=O)CCC(O)c1ccc2c(c1)NC(=O)C(C)O2. The maximum absolute atomic E-state index is 11.5. The van der Waals surface area contributed by atoms with Crippen LogP contribution in [0.1, 0.15) is 31.4 Å². The van der Waals surface area contributed by atoms with Crippen molar-refractivity contribution in [3.63, 3.8) is 0 Å². The average molecular weight is 279 g/mol. The van der Waals surface area contributed by atoms with Gasteiger partial charge in [-0.3, -0.25) is 9.59 Å². The fourth-order valence-electron chi connectivity index (χ4n) is 1.96. The van der Waals surface area contributed by atoms with Gasteiger partial charge in [0.05, 0.1) is 18.9 Å². The maximum Gasteiger partial charge on any atom is 0.305 e. The lowest BCUT2D eigenvalue weighted by Gasteiger charge is -2.24. The van der Waals surface area contributed by atoms with Crippen LogP contribution in [0.5, 0.6) is 5.75 Å². The molecule has 0 aromatic heterocycles. The minimum Gasteiger partial charge on any atom is -0.479 e. The Hall–Kier alpha value is -2.08. The van der Waals surface area contributed by atoms with E-state index >= 15 is 0 Å². The lowest BCUT2D eigenvalue weighted by molar-refractivity contribution is -0.141. The van der Waals surface area contributed by atoms with Crippen molar-refractivity contribution in [3.05, 3.63) is 23.8 Å². The third-order valence-electron chi connectivity index (χ3n) is 3.17. The van der Waals surface area contributed by atoms with Gasteiger partial charge in [-0.2, -0.15) is 0 Å². The minimum absolute atomic E-state index is 0.134. The number of aliphatic hydroxyl groups excluding tert-OH is 1. The van der Waals surface area contributed by atoms with Crippen molar-refractivity contribution in [2.24, 2.45) is 0 Å². The summed E-state index contributed by atoms with van der Waals surface area (Å²) in [6.07, 6.45) is -0.932. The van der Waals surface area contributed by atoms with E-state index in [4.69, 9.17) is 4.74 Å².